The molecule has 0 fully saturated rings. The number of fused-ring (bicyclic) bond motifs is 1. The molecule has 0 aromatic heterocycles. The summed E-state index contributed by atoms with van der Waals surface area (Å²) in [4.78, 5) is 22.6. The van der Waals surface area contributed by atoms with Crippen molar-refractivity contribution in [2.75, 3.05) is 5.32 Å². The van der Waals surface area contributed by atoms with E-state index in [4.69, 9.17) is 5.11 Å². The molecule has 0 aliphatic carbocycles. The Labute approximate surface area is 112 Å². The summed E-state index contributed by atoms with van der Waals surface area (Å²) in [6.07, 6.45) is 1.32. The Balaban J connectivity index is 2.17. The summed E-state index contributed by atoms with van der Waals surface area (Å²) < 4.78 is 0. The fourth-order valence-electron chi connectivity index (χ4n) is 2.28. The predicted octanol–water partition coefficient (Wildman–Crippen LogP) is 2.57. The zero-order valence-corrected chi connectivity index (χ0v) is 11.5. The highest BCUT2D eigenvalue weighted by molar-refractivity contribution is 6.05. The van der Waals surface area contributed by atoms with Gasteiger partial charge in [-0.2, -0.15) is 0 Å². The second-order valence-corrected chi connectivity index (χ2v) is 5.74. The van der Waals surface area contributed by atoms with Crippen molar-refractivity contribution in [3.8, 4) is 0 Å². The second kappa shape index (κ2) is 4.68. The van der Waals surface area contributed by atoms with Gasteiger partial charge in [-0.3, -0.25) is 9.59 Å². The van der Waals surface area contributed by atoms with Gasteiger partial charge in [-0.05, 0) is 43.9 Å². The van der Waals surface area contributed by atoms with Crippen molar-refractivity contribution in [3.05, 3.63) is 29.3 Å². The van der Waals surface area contributed by atoms with Crippen LogP contribution in [0.5, 0.6) is 0 Å². The molecule has 0 radical (unpaired) electrons. The maximum absolute atomic E-state index is 11.8. The van der Waals surface area contributed by atoms with Crippen molar-refractivity contribution < 1.29 is 14.7 Å². The average Bonchev–Trinajstić information content (AvgIpc) is 2.57. The number of carbonyl (C=O) groups is 2. The van der Waals surface area contributed by atoms with Gasteiger partial charge < -0.3 is 10.4 Å². The van der Waals surface area contributed by atoms with Crippen LogP contribution in [-0.2, 0) is 21.4 Å². The number of aliphatic carboxylic acids is 1. The smallest absolute Gasteiger partial charge is 0.306 e. The summed E-state index contributed by atoms with van der Waals surface area (Å²) in [7, 11) is 0. The van der Waals surface area contributed by atoms with Crippen LogP contribution in [0.3, 0.4) is 0 Å². The Kier molecular flexibility index (Phi) is 3.35. The molecule has 19 heavy (non-hydrogen) atoms. The summed E-state index contributed by atoms with van der Waals surface area (Å²) >= 11 is 0. The summed E-state index contributed by atoms with van der Waals surface area (Å²) in [6.45, 7) is 5.51. The number of aryl methyl sites for hydroxylation is 1. The van der Waals surface area contributed by atoms with Crippen LogP contribution in [0, 0.1) is 5.92 Å². The molecular weight excluding hydrogens is 242 g/mol. The fourth-order valence-corrected chi connectivity index (χ4v) is 2.28. The third-order valence-corrected chi connectivity index (χ3v) is 3.86. The van der Waals surface area contributed by atoms with E-state index in [1.807, 2.05) is 32.0 Å². The number of amides is 1. The molecule has 1 aromatic rings. The summed E-state index contributed by atoms with van der Waals surface area (Å²) in [5.74, 6) is -1.10. The van der Waals surface area contributed by atoms with Crippen molar-refractivity contribution in [1.82, 2.24) is 0 Å². The Morgan fingerprint density at radius 3 is 2.74 bits per heavy atom. The van der Waals surface area contributed by atoms with Crippen LogP contribution in [-0.4, -0.2) is 17.0 Å². The number of hydrogen-bond donors (Lipinski definition) is 2. The van der Waals surface area contributed by atoms with Gasteiger partial charge in [0.25, 0.3) is 0 Å². The van der Waals surface area contributed by atoms with Crippen LogP contribution in [0.2, 0.25) is 0 Å². The monoisotopic (exact) mass is 261 g/mol. The van der Waals surface area contributed by atoms with E-state index in [1.165, 1.54) is 0 Å². The molecule has 4 heteroatoms. The molecule has 0 saturated heterocycles. The Morgan fingerprint density at radius 1 is 1.42 bits per heavy atom. The number of benzene rings is 1. The minimum absolute atomic E-state index is 0.0126. The van der Waals surface area contributed by atoms with Crippen LogP contribution >= 0.6 is 0 Å². The molecule has 2 N–H and O–H groups in total. The van der Waals surface area contributed by atoms with Gasteiger partial charge in [0.1, 0.15) is 0 Å². The molecule has 4 nitrogen and oxygen atoms in total. The third kappa shape index (κ3) is 2.48. The molecule has 1 amide bonds. The van der Waals surface area contributed by atoms with Crippen molar-refractivity contribution >= 4 is 17.6 Å². The van der Waals surface area contributed by atoms with E-state index in [0.717, 1.165) is 16.8 Å². The normalized spacial score (nSPS) is 17.7. The maximum atomic E-state index is 11.8. The average molecular weight is 261 g/mol. The molecule has 0 bridgehead atoms. The van der Waals surface area contributed by atoms with Gasteiger partial charge in [0, 0.05) is 5.69 Å². The first-order valence-corrected chi connectivity index (χ1v) is 6.50. The van der Waals surface area contributed by atoms with Crippen molar-refractivity contribution in [3.63, 3.8) is 0 Å². The van der Waals surface area contributed by atoms with Crippen LogP contribution < -0.4 is 5.32 Å². The summed E-state index contributed by atoms with van der Waals surface area (Å²) in [5, 5.41) is 11.7. The van der Waals surface area contributed by atoms with Crippen LogP contribution in [0.4, 0.5) is 5.69 Å². The molecule has 0 spiro atoms. The standard InChI is InChI=1S/C15H19NO3/c1-9(13(17)18)4-5-10-6-7-12-11(8-10)15(2,3)14(19)16-12/h6-9H,4-5H2,1-3H3,(H,16,19)(H,17,18). The number of nitrogens with one attached hydrogen (secondary N) is 1. The first-order chi connectivity index (χ1) is 8.82. The SMILES string of the molecule is CC(CCc1ccc2c(c1)C(C)(C)C(=O)N2)C(=O)O. The molecular formula is C15H19NO3. The molecule has 1 unspecified atom stereocenters. The van der Waals surface area contributed by atoms with Gasteiger partial charge in [0.2, 0.25) is 5.91 Å². The molecule has 1 aromatic carbocycles. The third-order valence-electron chi connectivity index (χ3n) is 3.86. The Hall–Kier alpha value is -1.84. The molecule has 1 aliphatic heterocycles. The highest BCUT2D eigenvalue weighted by Gasteiger charge is 2.38. The van der Waals surface area contributed by atoms with E-state index in [2.05, 4.69) is 5.32 Å². The molecule has 1 atom stereocenters. The van der Waals surface area contributed by atoms with E-state index in [0.29, 0.717) is 12.8 Å². The van der Waals surface area contributed by atoms with Gasteiger partial charge in [0.15, 0.2) is 0 Å². The highest BCUT2D eigenvalue weighted by atomic mass is 16.4. The lowest BCUT2D eigenvalue weighted by Gasteiger charge is -2.16. The fraction of sp³-hybridized carbons (Fsp3) is 0.467. The number of carboxylic acid groups (broad SMARTS) is 1. The molecule has 1 heterocycles. The largest absolute Gasteiger partial charge is 0.481 e. The highest BCUT2D eigenvalue weighted by Crippen LogP contribution is 2.37. The first-order valence-electron chi connectivity index (χ1n) is 6.50. The van der Waals surface area contributed by atoms with E-state index >= 15 is 0 Å². The Bertz CT molecular complexity index is 534. The molecule has 0 saturated carbocycles. The topological polar surface area (TPSA) is 66.4 Å². The van der Waals surface area contributed by atoms with E-state index in [9.17, 15) is 9.59 Å². The van der Waals surface area contributed by atoms with Crippen LogP contribution in [0.1, 0.15) is 38.3 Å². The molecule has 2 rings (SSSR count). The first kappa shape index (κ1) is 13.6. The minimum Gasteiger partial charge on any atom is -0.481 e. The molecule has 1 aliphatic rings. The lowest BCUT2D eigenvalue weighted by atomic mass is 9.85. The lowest BCUT2D eigenvalue weighted by molar-refractivity contribution is -0.141. The second-order valence-electron chi connectivity index (χ2n) is 5.74. The van der Waals surface area contributed by atoms with Gasteiger partial charge in [0.05, 0.1) is 11.3 Å². The number of carboxylic acids is 1. The number of hydrogen-bond acceptors (Lipinski definition) is 2. The minimum atomic E-state index is -0.765. The van der Waals surface area contributed by atoms with Gasteiger partial charge in [-0.1, -0.05) is 19.1 Å². The Morgan fingerprint density at radius 2 is 2.11 bits per heavy atom. The van der Waals surface area contributed by atoms with Crippen molar-refractivity contribution in [1.29, 1.82) is 0 Å². The van der Waals surface area contributed by atoms with Crippen molar-refractivity contribution in [2.24, 2.45) is 5.92 Å². The predicted molar refractivity (Wildman–Crippen MR) is 73.2 cm³/mol. The van der Waals surface area contributed by atoms with Crippen LogP contribution in [0.15, 0.2) is 18.2 Å². The maximum Gasteiger partial charge on any atom is 0.306 e. The van der Waals surface area contributed by atoms with Gasteiger partial charge in [-0.15, -0.1) is 0 Å². The van der Waals surface area contributed by atoms with E-state index in [1.54, 1.807) is 6.92 Å². The van der Waals surface area contributed by atoms with E-state index in [-0.39, 0.29) is 11.8 Å². The lowest BCUT2D eigenvalue weighted by Crippen LogP contribution is -2.26. The quantitative estimate of drug-likeness (QED) is 0.875. The van der Waals surface area contributed by atoms with Gasteiger partial charge >= 0.3 is 5.97 Å². The number of anilines is 1. The number of rotatable bonds is 4. The summed E-state index contributed by atoms with van der Waals surface area (Å²) in [5.41, 5.74) is 2.43. The molecule has 102 valence electrons. The zero-order chi connectivity index (χ0) is 14.2. The number of carbonyl (C=O) groups excluding carboxylic acids is 1. The van der Waals surface area contributed by atoms with Crippen molar-refractivity contribution in [2.45, 2.75) is 39.0 Å². The summed E-state index contributed by atoms with van der Waals surface area (Å²) in [6, 6.07) is 5.87. The van der Waals surface area contributed by atoms with Gasteiger partial charge in [-0.25, -0.2) is 0 Å². The zero-order valence-electron chi connectivity index (χ0n) is 11.5. The van der Waals surface area contributed by atoms with E-state index < -0.39 is 11.4 Å². The van der Waals surface area contributed by atoms with Crippen LogP contribution in [0.25, 0.3) is 0 Å².